The zero-order chi connectivity index (χ0) is 25.9. The highest BCUT2D eigenvalue weighted by Gasteiger charge is 2.25. The van der Waals surface area contributed by atoms with Gasteiger partial charge in [0.15, 0.2) is 5.13 Å². The largest absolute Gasteiger partial charge is 0.495 e. The quantitative estimate of drug-likeness (QED) is 0.302. The van der Waals surface area contributed by atoms with Gasteiger partial charge in [-0.15, -0.1) is 11.3 Å². The Kier molecular flexibility index (Phi) is 7.12. The van der Waals surface area contributed by atoms with Gasteiger partial charge in [-0.1, -0.05) is 17.7 Å². The van der Waals surface area contributed by atoms with Crippen LogP contribution < -0.4 is 20.3 Å². The second-order valence-electron chi connectivity index (χ2n) is 8.57. The number of nitrogens with zero attached hydrogens (tertiary/aromatic N) is 2. The number of hydrogen-bond donors (Lipinski definition) is 2. The first kappa shape index (κ1) is 24.8. The maximum absolute atomic E-state index is 13.3. The lowest BCUT2D eigenvalue weighted by molar-refractivity contribution is 0.0984. The summed E-state index contributed by atoms with van der Waals surface area (Å²) in [5, 5.41) is 9.31. The van der Waals surface area contributed by atoms with Crippen LogP contribution in [0.3, 0.4) is 0 Å². The van der Waals surface area contributed by atoms with Crippen molar-refractivity contribution in [3.63, 3.8) is 0 Å². The molecule has 0 spiro atoms. The maximum Gasteiger partial charge on any atom is 0.258 e. The molecular formula is C28H25ClN4O3S. The van der Waals surface area contributed by atoms with Crippen LogP contribution in [0.5, 0.6) is 5.75 Å². The molecule has 7 nitrogen and oxygen atoms in total. The summed E-state index contributed by atoms with van der Waals surface area (Å²) >= 11 is 7.60. The molecule has 0 saturated carbocycles. The number of anilines is 3. The van der Waals surface area contributed by atoms with Crippen molar-refractivity contribution in [2.75, 3.05) is 36.2 Å². The third kappa shape index (κ3) is 5.16. The smallest absolute Gasteiger partial charge is 0.258 e. The molecule has 0 atom stereocenters. The van der Waals surface area contributed by atoms with Gasteiger partial charge in [-0.05, 0) is 73.0 Å². The number of aromatic nitrogens is 1. The molecule has 0 radical (unpaired) electrons. The summed E-state index contributed by atoms with van der Waals surface area (Å²) in [5.41, 5.74) is 5.05. The van der Waals surface area contributed by atoms with Gasteiger partial charge in [-0.25, -0.2) is 4.98 Å². The fourth-order valence-corrected chi connectivity index (χ4v) is 5.28. The summed E-state index contributed by atoms with van der Waals surface area (Å²) in [5.74, 6) is 0.189. The zero-order valence-electron chi connectivity index (χ0n) is 20.4. The van der Waals surface area contributed by atoms with Crippen LogP contribution in [0.4, 0.5) is 16.5 Å². The third-order valence-corrected chi connectivity index (χ3v) is 7.33. The lowest BCUT2D eigenvalue weighted by Crippen LogP contribution is -2.35. The Labute approximate surface area is 224 Å². The Hall–Kier alpha value is -3.88. The van der Waals surface area contributed by atoms with E-state index < -0.39 is 0 Å². The predicted molar refractivity (Wildman–Crippen MR) is 149 cm³/mol. The summed E-state index contributed by atoms with van der Waals surface area (Å²) in [6.45, 7) is 0.611. The average molecular weight is 533 g/mol. The monoisotopic (exact) mass is 532 g/mol. The van der Waals surface area contributed by atoms with Crippen LogP contribution in [-0.2, 0) is 6.42 Å². The normalized spacial score (nSPS) is 12.6. The van der Waals surface area contributed by atoms with Gasteiger partial charge in [-0.3, -0.25) is 9.59 Å². The molecule has 0 fully saturated rings. The minimum Gasteiger partial charge on any atom is -0.495 e. The number of carbonyl (C=O) groups is 2. The molecule has 3 aromatic carbocycles. The molecule has 2 amide bonds. The Morgan fingerprint density at radius 3 is 2.70 bits per heavy atom. The Balaban J connectivity index is 1.39. The molecule has 37 heavy (non-hydrogen) atoms. The Morgan fingerprint density at radius 1 is 1.08 bits per heavy atom. The van der Waals surface area contributed by atoms with E-state index in [0.29, 0.717) is 34.1 Å². The summed E-state index contributed by atoms with van der Waals surface area (Å²) in [4.78, 5) is 32.7. The first-order valence-corrected chi connectivity index (χ1v) is 13.1. The van der Waals surface area contributed by atoms with Crippen molar-refractivity contribution in [3.8, 4) is 17.0 Å². The number of benzene rings is 3. The minimum absolute atomic E-state index is 0.106. The van der Waals surface area contributed by atoms with Crippen molar-refractivity contribution in [1.82, 2.24) is 4.98 Å². The van der Waals surface area contributed by atoms with Gasteiger partial charge in [0.25, 0.3) is 11.8 Å². The third-order valence-electron chi connectivity index (χ3n) is 6.24. The molecule has 0 unspecified atom stereocenters. The van der Waals surface area contributed by atoms with Gasteiger partial charge >= 0.3 is 0 Å². The first-order chi connectivity index (χ1) is 18.0. The zero-order valence-corrected chi connectivity index (χ0v) is 21.9. The summed E-state index contributed by atoms with van der Waals surface area (Å²) in [6.07, 6.45) is 1.59. The summed E-state index contributed by atoms with van der Waals surface area (Å²) in [7, 11) is 3.39. The van der Waals surface area contributed by atoms with E-state index in [0.717, 1.165) is 40.5 Å². The van der Waals surface area contributed by atoms with Crippen molar-refractivity contribution in [3.05, 3.63) is 87.8 Å². The van der Waals surface area contributed by atoms with Crippen LogP contribution in [0.15, 0.2) is 66.0 Å². The van der Waals surface area contributed by atoms with Gasteiger partial charge < -0.3 is 20.3 Å². The van der Waals surface area contributed by atoms with E-state index in [1.165, 1.54) is 11.3 Å². The molecule has 9 heteroatoms. The second kappa shape index (κ2) is 10.6. The average Bonchev–Trinajstić information content (AvgIpc) is 3.41. The number of aryl methyl sites for hydroxylation is 1. The molecule has 1 aliphatic rings. The molecule has 1 aromatic heterocycles. The number of methoxy groups -OCH3 is 1. The predicted octanol–water partition coefficient (Wildman–Crippen LogP) is 6.36. The van der Waals surface area contributed by atoms with E-state index in [1.54, 1.807) is 42.3 Å². The number of amides is 2. The van der Waals surface area contributed by atoms with Gasteiger partial charge in [0, 0.05) is 46.4 Å². The van der Waals surface area contributed by atoms with Crippen LogP contribution in [0.25, 0.3) is 11.3 Å². The molecule has 2 N–H and O–H groups in total. The number of hydrogen-bond acceptors (Lipinski definition) is 6. The Bertz CT molecular complexity index is 1490. The summed E-state index contributed by atoms with van der Waals surface area (Å²) < 4.78 is 5.48. The molecule has 188 valence electrons. The van der Waals surface area contributed by atoms with Crippen molar-refractivity contribution in [2.45, 2.75) is 12.8 Å². The maximum atomic E-state index is 13.3. The second-order valence-corrected chi connectivity index (χ2v) is 9.87. The van der Waals surface area contributed by atoms with Crippen LogP contribution >= 0.6 is 22.9 Å². The number of thiazole rings is 1. The van der Waals surface area contributed by atoms with Crippen LogP contribution in [0.2, 0.25) is 5.02 Å². The van der Waals surface area contributed by atoms with Crippen LogP contribution in [0.1, 0.15) is 32.7 Å². The Morgan fingerprint density at radius 2 is 1.95 bits per heavy atom. The molecule has 0 saturated heterocycles. The fraction of sp³-hybridized carbons (Fsp3) is 0.179. The van der Waals surface area contributed by atoms with Crippen molar-refractivity contribution < 1.29 is 14.3 Å². The number of fused-ring (bicyclic) bond motifs is 1. The van der Waals surface area contributed by atoms with E-state index in [4.69, 9.17) is 16.3 Å². The molecule has 0 bridgehead atoms. The number of nitrogens with one attached hydrogen (secondary N) is 2. The van der Waals surface area contributed by atoms with E-state index in [2.05, 4.69) is 15.6 Å². The van der Waals surface area contributed by atoms with Crippen LogP contribution in [0, 0.1) is 0 Å². The number of carbonyl (C=O) groups excluding carboxylic acids is 2. The molecule has 5 rings (SSSR count). The van der Waals surface area contributed by atoms with Gasteiger partial charge in [0.2, 0.25) is 0 Å². The standard InChI is InChI=1S/C28H25ClN4O3S/c1-30-28-32-23(16-37-28)17-9-11-25(36-2)22(15-17)31-26(34)19-8-10-24-18(13-19)6-4-12-33(24)27(35)20-5-3-7-21(29)14-20/h3,5,7-11,13-16H,4,6,12H2,1-2H3,(H,30,32)(H,31,34). The lowest BCUT2D eigenvalue weighted by atomic mass is 9.98. The lowest BCUT2D eigenvalue weighted by Gasteiger charge is -2.30. The van der Waals surface area contributed by atoms with Crippen LogP contribution in [-0.4, -0.2) is 37.5 Å². The number of halogens is 1. The van der Waals surface area contributed by atoms with E-state index >= 15 is 0 Å². The number of rotatable bonds is 6. The molecule has 1 aliphatic heterocycles. The van der Waals surface area contributed by atoms with Crippen molar-refractivity contribution in [2.24, 2.45) is 0 Å². The highest BCUT2D eigenvalue weighted by molar-refractivity contribution is 7.14. The van der Waals surface area contributed by atoms with E-state index in [9.17, 15) is 9.59 Å². The molecule has 2 heterocycles. The minimum atomic E-state index is -0.259. The molecular weight excluding hydrogens is 508 g/mol. The first-order valence-electron chi connectivity index (χ1n) is 11.8. The molecule has 4 aromatic rings. The summed E-state index contributed by atoms with van der Waals surface area (Å²) in [6, 6.07) is 18.0. The molecule has 0 aliphatic carbocycles. The van der Waals surface area contributed by atoms with E-state index in [-0.39, 0.29) is 11.8 Å². The van der Waals surface area contributed by atoms with Gasteiger partial charge in [0.1, 0.15) is 5.75 Å². The van der Waals surface area contributed by atoms with Crippen molar-refractivity contribution >= 4 is 51.3 Å². The topological polar surface area (TPSA) is 83.6 Å². The highest BCUT2D eigenvalue weighted by atomic mass is 35.5. The fourth-order valence-electron chi connectivity index (χ4n) is 4.41. The van der Waals surface area contributed by atoms with Gasteiger partial charge in [-0.2, -0.15) is 0 Å². The van der Waals surface area contributed by atoms with E-state index in [1.807, 2.05) is 42.8 Å². The SMILES string of the molecule is CNc1nc(-c2ccc(OC)c(NC(=O)c3ccc4c(c3)CCCN4C(=O)c3cccc(Cl)c3)c2)cs1. The van der Waals surface area contributed by atoms with Crippen molar-refractivity contribution in [1.29, 1.82) is 0 Å². The highest BCUT2D eigenvalue weighted by Crippen LogP contribution is 2.34. The van der Waals surface area contributed by atoms with Gasteiger partial charge in [0.05, 0.1) is 18.5 Å². The number of ether oxygens (including phenoxy) is 1.